The van der Waals surface area contributed by atoms with Crippen LogP contribution < -0.4 is 15.4 Å². The van der Waals surface area contributed by atoms with Gasteiger partial charge in [-0.25, -0.2) is 4.39 Å². The fourth-order valence-electron chi connectivity index (χ4n) is 2.06. The highest BCUT2D eigenvalue weighted by molar-refractivity contribution is 5.96. The number of hydrogen-bond acceptors (Lipinski definition) is 4. The minimum absolute atomic E-state index is 0.0291. The molecule has 0 saturated heterocycles. The summed E-state index contributed by atoms with van der Waals surface area (Å²) >= 11 is 0. The van der Waals surface area contributed by atoms with Gasteiger partial charge in [0.1, 0.15) is 11.6 Å². The van der Waals surface area contributed by atoms with Gasteiger partial charge in [0.25, 0.3) is 5.91 Å². The zero-order valence-electron chi connectivity index (χ0n) is 14.3. The number of halogens is 1. The predicted octanol–water partition coefficient (Wildman–Crippen LogP) is 2.55. The Morgan fingerprint density at radius 3 is 2.23 bits per heavy atom. The highest BCUT2D eigenvalue weighted by Crippen LogP contribution is 2.13. The van der Waals surface area contributed by atoms with Gasteiger partial charge < -0.3 is 15.4 Å². The van der Waals surface area contributed by atoms with E-state index in [1.54, 1.807) is 31.2 Å². The van der Waals surface area contributed by atoms with Crippen LogP contribution in [-0.2, 0) is 9.59 Å². The molecule has 2 rings (SSSR count). The lowest BCUT2D eigenvalue weighted by Gasteiger charge is -2.09. The Bertz CT molecular complexity index is 773. The molecule has 0 heterocycles. The summed E-state index contributed by atoms with van der Waals surface area (Å²) in [6, 6.07) is 11.8. The van der Waals surface area contributed by atoms with E-state index in [2.05, 4.69) is 10.6 Å². The van der Waals surface area contributed by atoms with Gasteiger partial charge in [-0.3, -0.25) is 14.4 Å². The standard InChI is InChI=1S/C19H19FN2O4/c1-2-17(23)13-3-9-16(10-4-13)26-12-19(25)21-11-18(24)22-15-7-5-14(20)6-8-15/h3-10H,2,11-12H2,1H3,(H,21,25)(H,22,24). The Labute approximate surface area is 150 Å². The van der Waals surface area contributed by atoms with Gasteiger partial charge >= 0.3 is 0 Å². The van der Waals surface area contributed by atoms with Gasteiger partial charge in [-0.1, -0.05) is 6.92 Å². The molecule has 0 spiro atoms. The van der Waals surface area contributed by atoms with Crippen LogP contribution in [0.3, 0.4) is 0 Å². The lowest BCUT2D eigenvalue weighted by Crippen LogP contribution is -2.35. The van der Waals surface area contributed by atoms with Crippen molar-refractivity contribution in [2.45, 2.75) is 13.3 Å². The number of hydrogen-bond donors (Lipinski definition) is 2. The van der Waals surface area contributed by atoms with Crippen LogP contribution in [0.5, 0.6) is 5.75 Å². The molecule has 0 aliphatic rings. The van der Waals surface area contributed by atoms with Crippen molar-refractivity contribution in [3.8, 4) is 5.75 Å². The van der Waals surface area contributed by atoms with Crippen molar-refractivity contribution in [2.24, 2.45) is 0 Å². The Morgan fingerprint density at radius 2 is 1.62 bits per heavy atom. The fourth-order valence-corrected chi connectivity index (χ4v) is 2.06. The highest BCUT2D eigenvalue weighted by Gasteiger charge is 2.08. The molecule has 0 bridgehead atoms. The molecule has 136 valence electrons. The lowest BCUT2D eigenvalue weighted by molar-refractivity contribution is -0.125. The Kier molecular flexibility index (Phi) is 6.84. The van der Waals surface area contributed by atoms with Crippen molar-refractivity contribution in [1.29, 1.82) is 0 Å². The first-order valence-electron chi connectivity index (χ1n) is 8.06. The zero-order chi connectivity index (χ0) is 18.9. The number of ether oxygens (including phenoxy) is 1. The van der Waals surface area contributed by atoms with Crippen LogP contribution >= 0.6 is 0 Å². The third-order valence-electron chi connectivity index (χ3n) is 3.44. The normalized spacial score (nSPS) is 10.1. The van der Waals surface area contributed by atoms with E-state index >= 15 is 0 Å². The van der Waals surface area contributed by atoms with Gasteiger partial charge in [-0.2, -0.15) is 0 Å². The minimum atomic E-state index is -0.465. The minimum Gasteiger partial charge on any atom is -0.484 e. The summed E-state index contributed by atoms with van der Waals surface area (Å²) in [6.45, 7) is 1.29. The molecule has 7 heteroatoms. The van der Waals surface area contributed by atoms with Crippen LogP contribution in [0.2, 0.25) is 0 Å². The number of anilines is 1. The maximum absolute atomic E-state index is 12.8. The smallest absolute Gasteiger partial charge is 0.258 e. The molecule has 26 heavy (non-hydrogen) atoms. The highest BCUT2D eigenvalue weighted by atomic mass is 19.1. The van der Waals surface area contributed by atoms with Crippen molar-refractivity contribution in [3.05, 3.63) is 59.9 Å². The fraction of sp³-hybridized carbons (Fsp3) is 0.211. The molecule has 0 atom stereocenters. The summed E-state index contributed by atoms with van der Waals surface area (Å²) in [5, 5.41) is 4.95. The summed E-state index contributed by atoms with van der Waals surface area (Å²) in [7, 11) is 0. The van der Waals surface area contributed by atoms with Gasteiger partial charge in [0.15, 0.2) is 12.4 Å². The first kappa shape index (κ1) is 19.1. The monoisotopic (exact) mass is 358 g/mol. The molecule has 0 radical (unpaired) electrons. The number of carbonyl (C=O) groups excluding carboxylic acids is 3. The van der Waals surface area contributed by atoms with Crippen molar-refractivity contribution in [1.82, 2.24) is 5.32 Å². The Morgan fingerprint density at radius 1 is 0.962 bits per heavy atom. The average Bonchev–Trinajstić information content (AvgIpc) is 2.66. The molecule has 0 aliphatic carbocycles. The molecule has 2 N–H and O–H groups in total. The molecule has 0 saturated carbocycles. The van der Waals surface area contributed by atoms with Gasteiger partial charge in [0.05, 0.1) is 6.54 Å². The van der Waals surface area contributed by atoms with E-state index in [4.69, 9.17) is 4.74 Å². The first-order chi connectivity index (χ1) is 12.5. The number of Topliss-reactive ketones (excluding diaryl/α,β-unsaturated/α-hetero) is 1. The van der Waals surface area contributed by atoms with Crippen LogP contribution in [-0.4, -0.2) is 30.7 Å². The molecule has 2 aromatic carbocycles. The van der Waals surface area contributed by atoms with Crippen molar-refractivity contribution < 1.29 is 23.5 Å². The predicted molar refractivity (Wildman–Crippen MR) is 94.6 cm³/mol. The third kappa shape index (κ3) is 6.01. The van der Waals surface area contributed by atoms with Crippen molar-refractivity contribution in [2.75, 3.05) is 18.5 Å². The summed E-state index contributed by atoms with van der Waals surface area (Å²) in [5.74, 6) is -0.828. The van der Waals surface area contributed by atoms with E-state index < -0.39 is 17.6 Å². The molecular formula is C19H19FN2O4. The summed E-state index contributed by atoms with van der Waals surface area (Å²) in [6.07, 6.45) is 0.419. The third-order valence-corrected chi connectivity index (χ3v) is 3.44. The van der Waals surface area contributed by atoms with E-state index in [1.165, 1.54) is 24.3 Å². The number of amides is 2. The Balaban J connectivity index is 1.72. The largest absolute Gasteiger partial charge is 0.484 e. The second-order valence-corrected chi connectivity index (χ2v) is 5.42. The second-order valence-electron chi connectivity index (χ2n) is 5.42. The molecule has 0 unspecified atom stereocenters. The van der Waals surface area contributed by atoms with E-state index in [9.17, 15) is 18.8 Å². The zero-order valence-corrected chi connectivity index (χ0v) is 14.3. The maximum Gasteiger partial charge on any atom is 0.258 e. The SMILES string of the molecule is CCC(=O)c1ccc(OCC(=O)NCC(=O)Nc2ccc(F)cc2)cc1. The Hall–Kier alpha value is -3.22. The number of rotatable bonds is 8. The number of benzene rings is 2. The van der Waals surface area contributed by atoms with Gasteiger partial charge in [-0.05, 0) is 48.5 Å². The van der Waals surface area contributed by atoms with Crippen molar-refractivity contribution in [3.63, 3.8) is 0 Å². The van der Waals surface area contributed by atoms with E-state index in [-0.39, 0.29) is 18.9 Å². The van der Waals surface area contributed by atoms with Crippen LogP contribution in [0.25, 0.3) is 0 Å². The lowest BCUT2D eigenvalue weighted by atomic mass is 10.1. The molecule has 0 fully saturated rings. The molecule has 2 aromatic rings. The molecule has 6 nitrogen and oxygen atoms in total. The number of nitrogens with one attached hydrogen (secondary N) is 2. The van der Waals surface area contributed by atoms with Crippen LogP contribution in [0, 0.1) is 5.82 Å². The topological polar surface area (TPSA) is 84.5 Å². The van der Waals surface area contributed by atoms with Crippen LogP contribution in [0.1, 0.15) is 23.7 Å². The van der Waals surface area contributed by atoms with E-state index in [0.29, 0.717) is 23.4 Å². The summed E-state index contributed by atoms with van der Waals surface area (Å²) < 4.78 is 18.1. The number of ketones is 1. The van der Waals surface area contributed by atoms with E-state index in [0.717, 1.165) is 0 Å². The average molecular weight is 358 g/mol. The first-order valence-corrected chi connectivity index (χ1v) is 8.06. The summed E-state index contributed by atoms with van der Waals surface area (Å²) in [4.78, 5) is 35.0. The van der Waals surface area contributed by atoms with Crippen molar-refractivity contribution >= 4 is 23.3 Å². The quantitative estimate of drug-likeness (QED) is 0.710. The maximum atomic E-state index is 12.8. The number of carbonyl (C=O) groups is 3. The van der Waals surface area contributed by atoms with Crippen LogP contribution in [0.15, 0.2) is 48.5 Å². The molecule has 2 amide bonds. The molecule has 0 aliphatic heterocycles. The van der Waals surface area contributed by atoms with Gasteiger partial charge in [-0.15, -0.1) is 0 Å². The second kappa shape index (κ2) is 9.31. The van der Waals surface area contributed by atoms with Gasteiger partial charge in [0, 0.05) is 17.7 Å². The molecular weight excluding hydrogens is 339 g/mol. The van der Waals surface area contributed by atoms with Gasteiger partial charge in [0.2, 0.25) is 5.91 Å². The van der Waals surface area contributed by atoms with Crippen LogP contribution in [0.4, 0.5) is 10.1 Å². The summed E-state index contributed by atoms with van der Waals surface area (Å²) in [5.41, 5.74) is 1.02. The van der Waals surface area contributed by atoms with E-state index in [1.807, 2.05) is 0 Å². The molecule has 0 aromatic heterocycles.